The molecular formula is C4H5OP. The van der Waals surface area contributed by atoms with Crippen LogP contribution in [-0.2, 0) is 4.57 Å². The molecule has 0 fully saturated rings. The van der Waals surface area contributed by atoms with E-state index in [1.54, 1.807) is 0 Å². The van der Waals surface area contributed by atoms with E-state index in [2.05, 4.69) is 13.2 Å². The fraction of sp³-hybridized carbons (Fsp3) is 0. The van der Waals surface area contributed by atoms with E-state index in [0.717, 1.165) is 0 Å². The lowest BCUT2D eigenvalue weighted by Gasteiger charge is -1.69. The summed E-state index contributed by atoms with van der Waals surface area (Å²) in [5.41, 5.74) is 0. The molecule has 0 rings (SSSR count). The van der Waals surface area contributed by atoms with Gasteiger partial charge in [-0.3, -0.25) is 4.57 Å². The summed E-state index contributed by atoms with van der Waals surface area (Å²) < 4.78 is 9.66. The van der Waals surface area contributed by atoms with Crippen LogP contribution in [0.15, 0.2) is 24.5 Å². The highest BCUT2D eigenvalue weighted by Gasteiger charge is 1.74. The molecule has 0 aromatic heterocycles. The first-order valence-corrected chi connectivity index (χ1v) is 2.27. The number of hydrogen-bond donors (Lipinski definition) is 0. The lowest BCUT2D eigenvalue weighted by Crippen LogP contribution is -1.45. The molecule has 0 spiro atoms. The second kappa shape index (κ2) is 2.80. The van der Waals surface area contributed by atoms with E-state index >= 15 is 0 Å². The van der Waals surface area contributed by atoms with Crippen molar-refractivity contribution in [2.45, 2.75) is 0 Å². The van der Waals surface area contributed by atoms with Crippen LogP contribution in [0, 0.1) is 0 Å². The minimum atomic E-state index is -0.0343. The van der Waals surface area contributed by atoms with Crippen molar-refractivity contribution < 1.29 is 4.57 Å². The maximum Gasteiger partial charge on any atom is 0.191 e. The zero-order valence-electron chi connectivity index (χ0n) is 3.35. The molecular weight excluding hydrogens is 95.0 g/mol. The van der Waals surface area contributed by atoms with Gasteiger partial charge in [-0.2, -0.15) is 0 Å². The Morgan fingerprint density at radius 3 is 2.33 bits per heavy atom. The van der Waals surface area contributed by atoms with Crippen molar-refractivity contribution in [2.24, 2.45) is 0 Å². The van der Waals surface area contributed by atoms with Crippen LogP contribution in [0.5, 0.6) is 0 Å². The van der Waals surface area contributed by atoms with Gasteiger partial charge < -0.3 is 0 Å². The highest BCUT2D eigenvalue weighted by atomic mass is 31.1. The summed E-state index contributed by atoms with van der Waals surface area (Å²) in [4.78, 5) is 0. The number of allylic oxidation sites excluding steroid dienone is 2. The molecule has 0 aromatic carbocycles. The van der Waals surface area contributed by atoms with Gasteiger partial charge in [-0.15, -0.1) is 0 Å². The van der Waals surface area contributed by atoms with Gasteiger partial charge in [0, 0.05) is 5.31 Å². The SMILES string of the molecule is C=CC(=C)P=O. The van der Waals surface area contributed by atoms with Gasteiger partial charge in [0.05, 0.1) is 0 Å². The average Bonchev–Trinajstić information content (AvgIpc) is 1.65. The fourth-order valence-corrected chi connectivity index (χ4v) is 0.112. The number of rotatable bonds is 2. The normalized spacial score (nSPS) is 8.00. The van der Waals surface area contributed by atoms with Gasteiger partial charge in [-0.1, -0.05) is 19.2 Å². The van der Waals surface area contributed by atoms with Crippen LogP contribution in [0.4, 0.5) is 0 Å². The Labute approximate surface area is 38.6 Å². The van der Waals surface area contributed by atoms with Gasteiger partial charge >= 0.3 is 0 Å². The van der Waals surface area contributed by atoms with Crippen molar-refractivity contribution >= 4 is 8.46 Å². The fourth-order valence-electron chi connectivity index (χ4n) is 0.0373. The molecule has 0 aliphatic heterocycles. The predicted molar refractivity (Wildman–Crippen MR) is 26.9 cm³/mol. The Kier molecular flexibility index (Phi) is 2.60. The van der Waals surface area contributed by atoms with Crippen LogP contribution >= 0.6 is 8.46 Å². The van der Waals surface area contributed by atoms with Crippen molar-refractivity contribution in [1.29, 1.82) is 0 Å². The van der Waals surface area contributed by atoms with E-state index in [4.69, 9.17) is 0 Å². The van der Waals surface area contributed by atoms with E-state index in [-0.39, 0.29) is 8.46 Å². The van der Waals surface area contributed by atoms with E-state index in [1.165, 1.54) is 6.08 Å². The topological polar surface area (TPSA) is 17.1 Å². The molecule has 2 heteroatoms. The minimum absolute atomic E-state index is 0.0343. The third-order valence-electron chi connectivity index (χ3n) is 0.353. The first kappa shape index (κ1) is 5.58. The van der Waals surface area contributed by atoms with Gasteiger partial charge in [-0.05, 0) is 0 Å². The summed E-state index contributed by atoms with van der Waals surface area (Å²) in [5, 5.41) is 0.523. The third kappa shape index (κ3) is 1.86. The zero-order valence-corrected chi connectivity index (χ0v) is 4.24. The molecule has 0 radical (unpaired) electrons. The van der Waals surface area contributed by atoms with E-state index in [9.17, 15) is 4.57 Å². The monoisotopic (exact) mass is 100 g/mol. The minimum Gasteiger partial charge on any atom is -0.269 e. The summed E-state index contributed by atoms with van der Waals surface area (Å²) in [6, 6.07) is 0. The molecule has 0 aromatic rings. The molecule has 1 nitrogen and oxygen atoms in total. The molecule has 0 atom stereocenters. The van der Waals surface area contributed by atoms with Crippen LogP contribution < -0.4 is 0 Å². The second-order valence-electron chi connectivity index (χ2n) is 0.787. The molecule has 0 aliphatic carbocycles. The Morgan fingerprint density at radius 2 is 2.33 bits per heavy atom. The Hall–Kier alpha value is -0.420. The molecule has 32 valence electrons. The summed E-state index contributed by atoms with van der Waals surface area (Å²) in [5.74, 6) is 0. The molecule has 6 heavy (non-hydrogen) atoms. The zero-order chi connectivity index (χ0) is 4.99. The quantitative estimate of drug-likeness (QED) is 0.383. The van der Waals surface area contributed by atoms with Crippen LogP contribution in [0.25, 0.3) is 0 Å². The third-order valence-corrected chi connectivity index (χ3v) is 0.770. The summed E-state index contributed by atoms with van der Waals surface area (Å²) in [6.07, 6.45) is 1.45. The summed E-state index contributed by atoms with van der Waals surface area (Å²) >= 11 is 0. The smallest absolute Gasteiger partial charge is 0.191 e. The molecule has 0 N–H and O–H groups in total. The molecule has 0 amide bonds. The molecule has 0 unspecified atom stereocenters. The summed E-state index contributed by atoms with van der Waals surface area (Å²) in [7, 11) is -0.0343. The lowest BCUT2D eigenvalue weighted by molar-refractivity contribution is 0.602. The molecule has 0 saturated carbocycles. The summed E-state index contributed by atoms with van der Waals surface area (Å²) in [6.45, 7) is 6.67. The van der Waals surface area contributed by atoms with Crippen molar-refractivity contribution in [1.82, 2.24) is 0 Å². The van der Waals surface area contributed by atoms with Gasteiger partial charge in [0.15, 0.2) is 8.46 Å². The van der Waals surface area contributed by atoms with Gasteiger partial charge in [0.2, 0.25) is 0 Å². The Morgan fingerprint density at radius 1 is 1.83 bits per heavy atom. The standard InChI is InChI=1S/C4H5OP/c1-3-4(2)6-5/h3H,1-2H2. The first-order valence-electron chi connectivity index (χ1n) is 1.46. The maximum atomic E-state index is 9.66. The van der Waals surface area contributed by atoms with Crippen molar-refractivity contribution in [3.05, 3.63) is 24.5 Å². The van der Waals surface area contributed by atoms with E-state index in [0.29, 0.717) is 5.31 Å². The maximum absolute atomic E-state index is 9.66. The molecule has 0 aliphatic rings. The van der Waals surface area contributed by atoms with E-state index in [1.807, 2.05) is 0 Å². The molecule has 0 saturated heterocycles. The van der Waals surface area contributed by atoms with Gasteiger partial charge in [0.25, 0.3) is 0 Å². The highest BCUT2D eigenvalue weighted by Crippen LogP contribution is 2.06. The van der Waals surface area contributed by atoms with E-state index < -0.39 is 0 Å². The number of hydrogen-bond acceptors (Lipinski definition) is 1. The van der Waals surface area contributed by atoms with Crippen LogP contribution in [0.1, 0.15) is 0 Å². The molecule has 0 bridgehead atoms. The van der Waals surface area contributed by atoms with Crippen molar-refractivity contribution in [2.75, 3.05) is 0 Å². The van der Waals surface area contributed by atoms with Crippen LogP contribution in [0.3, 0.4) is 0 Å². The van der Waals surface area contributed by atoms with Gasteiger partial charge in [-0.25, -0.2) is 0 Å². The van der Waals surface area contributed by atoms with Crippen molar-refractivity contribution in [3.8, 4) is 0 Å². The average molecular weight is 100 g/mol. The lowest BCUT2D eigenvalue weighted by atomic mass is 10.6. The largest absolute Gasteiger partial charge is 0.269 e. The highest BCUT2D eigenvalue weighted by molar-refractivity contribution is 7.29. The van der Waals surface area contributed by atoms with Crippen molar-refractivity contribution in [3.63, 3.8) is 0 Å². The first-order chi connectivity index (χ1) is 2.81. The Balaban J connectivity index is 3.52. The van der Waals surface area contributed by atoms with Gasteiger partial charge in [0.1, 0.15) is 0 Å². The second-order valence-corrected chi connectivity index (χ2v) is 1.54. The van der Waals surface area contributed by atoms with Crippen LogP contribution in [0.2, 0.25) is 0 Å². The predicted octanol–water partition coefficient (Wildman–Crippen LogP) is 1.98. The van der Waals surface area contributed by atoms with Crippen LogP contribution in [-0.4, -0.2) is 0 Å². The molecule has 0 heterocycles. The Bertz CT molecular complexity index is 75.5.